The van der Waals surface area contributed by atoms with Crippen LogP contribution in [0.25, 0.3) is 11.0 Å². The van der Waals surface area contributed by atoms with Gasteiger partial charge in [0.25, 0.3) is 0 Å². The molecule has 0 spiro atoms. The molecule has 1 heterocycles. The molecule has 0 fully saturated rings. The molecule has 1 aromatic heterocycles. The van der Waals surface area contributed by atoms with Crippen LogP contribution >= 0.6 is 11.6 Å². The van der Waals surface area contributed by atoms with Gasteiger partial charge in [0.1, 0.15) is 5.58 Å². The summed E-state index contributed by atoms with van der Waals surface area (Å²) in [6, 6.07) is 14.4. The van der Waals surface area contributed by atoms with Gasteiger partial charge >= 0.3 is 11.6 Å². The Morgan fingerprint density at radius 1 is 1.08 bits per heavy atom. The monoisotopic (exact) mass is 370 g/mol. The lowest BCUT2D eigenvalue weighted by Crippen LogP contribution is -2.27. The van der Waals surface area contributed by atoms with Crippen LogP contribution in [0.3, 0.4) is 0 Å². The Morgan fingerprint density at radius 3 is 2.42 bits per heavy atom. The molecule has 0 aliphatic heterocycles. The highest BCUT2D eigenvalue weighted by molar-refractivity contribution is 6.36. The molecule has 3 rings (SSSR count). The molecule has 0 radical (unpaired) electrons. The maximum atomic E-state index is 12.6. The lowest BCUT2D eigenvalue weighted by atomic mass is 9.97. The highest BCUT2D eigenvalue weighted by atomic mass is 35.5. The van der Waals surface area contributed by atoms with Gasteiger partial charge in [-0.1, -0.05) is 48.0 Å². The van der Waals surface area contributed by atoms with E-state index in [0.29, 0.717) is 10.4 Å². The summed E-state index contributed by atoms with van der Waals surface area (Å²) in [6.07, 6.45) is 0.275. The second-order valence-corrected chi connectivity index (χ2v) is 7.52. The Balaban J connectivity index is 2.23. The van der Waals surface area contributed by atoms with Crippen molar-refractivity contribution in [1.82, 2.24) is 0 Å². The molecule has 5 heteroatoms. The standard InChI is InChI=1S/C21H19ClO4/c1-21(2,3)20(24)26-18-14(12-13-8-5-4-6-9-13)19(23)25-16-11-7-10-15(22)17(16)18/h4-11H,12H2,1-3H3. The van der Waals surface area contributed by atoms with Gasteiger partial charge in [0.15, 0.2) is 5.75 Å². The summed E-state index contributed by atoms with van der Waals surface area (Å²) in [5, 5.41) is 0.787. The molecule has 0 atom stereocenters. The van der Waals surface area contributed by atoms with Crippen LogP contribution in [0.15, 0.2) is 57.7 Å². The molecule has 134 valence electrons. The molecule has 0 amide bonds. The van der Waals surface area contributed by atoms with Crippen LogP contribution in [0.5, 0.6) is 5.75 Å². The summed E-state index contributed by atoms with van der Waals surface area (Å²) in [5.74, 6) is -0.274. The van der Waals surface area contributed by atoms with Crippen molar-refractivity contribution < 1.29 is 13.9 Å². The Morgan fingerprint density at radius 2 is 1.77 bits per heavy atom. The number of benzene rings is 2. The van der Waals surface area contributed by atoms with Crippen molar-refractivity contribution in [3.63, 3.8) is 0 Å². The van der Waals surface area contributed by atoms with Crippen LogP contribution in [0.2, 0.25) is 5.02 Å². The first kappa shape index (κ1) is 18.2. The zero-order chi connectivity index (χ0) is 18.9. The molecule has 0 bridgehead atoms. The van der Waals surface area contributed by atoms with E-state index in [9.17, 15) is 9.59 Å². The lowest BCUT2D eigenvalue weighted by molar-refractivity contribution is -0.142. The van der Waals surface area contributed by atoms with E-state index in [4.69, 9.17) is 20.8 Å². The summed E-state index contributed by atoms with van der Waals surface area (Å²) in [7, 11) is 0. The topological polar surface area (TPSA) is 56.5 Å². The summed E-state index contributed by atoms with van der Waals surface area (Å²) in [4.78, 5) is 25.1. The first-order valence-electron chi connectivity index (χ1n) is 8.28. The quantitative estimate of drug-likeness (QED) is 0.481. The van der Waals surface area contributed by atoms with E-state index >= 15 is 0 Å². The predicted molar refractivity (Wildman–Crippen MR) is 102 cm³/mol. The maximum Gasteiger partial charge on any atom is 0.343 e. The Bertz CT molecular complexity index is 1010. The Kier molecular flexibility index (Phi) is 4.88. The number of halogens is 1. The predicted octanol–water partition coefficient (Wildman–Crippen LogP) is 4.99. The number of hydrogen-bond acceptors (Lipinski definition) is 4. The molecule has 0 aliphatic rings. The maximum absolute atomic E-state index is 12.6. The lowest BCUT2D eigenvalue weighted by Gasteiger charge is -2.19. The van der Waals surface area contributed by atoms with E-state index in [1.165, 1.54) is 0 Å². The van der Waals surface area contributed by atoms with Gasteiger partial charge in [-0.15, -0.1) is 0 Å². The molecule has 2 aromatic carbocycles. The van der Waals surface area contributed by atoms with E-state index in [0.717, 1.165) is 5.56 Å². The fourth-order valence-electron chi connectivity index (χ4n) is 2.53. The van der Waals surface area contributed by atoms with E-state index in [2.05, 4.69) is 0 Å². The molecule has 0 unspecified atom stereocenters. The van der Waals surface area contributed by atoms with Gasteiger partial charge in [0.2, 0.25) is 0 Å². The van der Waals surface area contributed by atoms with Crippen molar-refractivity contribution in [2.75, 3.05) is 0 Å². The third-order valence-corrected chi connectivity index (χ3v) is 4.27. The van der Waals surface area contributed by atoms with Gasteiger partial charge in [-0.25, -0.2) is 4.79 Å². The van der Waals surface area contributed by atoms with E-state index in [1.54, 1.807) is 39.0 Å². The highest BCUT2D eigenvalue weighted by Crippen LogP contribution is 2.35. The summed E-state index contributed by atoms with van der Waals surface area (Å²) in [5.41, 5.74) is 0.193. The van der Waals surface area contributed by atoms with E-state index in [1.807, 2.05) is 30.3 Å². The fraction of sp³-hybridized carbons (Fsp3) is 0.238. The van der Waals surface area contributed by atoms with Crippen molar-refractivity contribution in [2.45, 2.75) is 27.2 Å². The molecule has 0 N–H and O–H groups in total. The van der Waals surface area contributed by atoms with Crippen LogP contribution < -0.4 is 10.4 Å². The zero-order valence-corrected chi connectivity index (χ0v) is 15.6. The molecular formula is C21H19ClO4. The van der Waals surface area contributed by atoms with Crippen molar-refractivity contribution in [3.05, 3.63) is 75.1 Å². The van der Waals surface area contributed by atoms with Crippen LogP contribution in [-0.2, 0) is 11.2 Å². The largest absolute Gasteiger partial charge is 0.425 e. The summed E-state index contributed by atoms with van der Waals surface area (Å²) < 4.78 is 11.1. The second-order valence-electron chi connectivity index (χ2n) is 7.11. The first-order chi connectivity index (χ1) is 12.3. The van der Waals surface area contributed by atoms with Crippen LogP contribution in [-0.4, -0.2) is 5.97 Å². The minimum absolute atomic E-state index is 0.172. The number of esters is 1. The van der Waals surface area contributed by atoms with Crippen LogP contribution in [0.4, 0.5) is 0 Å². The molecular weight excluding hydrogens is 352 g/mol. The molecule has 3 aromatic rings. The van der Waals surface area contributed by atoms with Gasteiger partial charge in [-0.3, -0.25) is 4.79 Å². The normalized spacial score (nSPS) is 11.5. The average molecular weight is 371 g/mol. The summed E-state index contributed by atoms with van der Waals surface area (Å²) in [6.45, 7) is 5.25. The van der Waals surface area contributed by atoms with Crippen molar-refractivity contribution >= 4 is 28.5 Å². The third-order valence-electron chi connectivity index (χ3n) is 3.96. The van der Waals surface area contributed by atoms with Crippen molar-refractivity contribution in [2.24, 2.45) is 5.41 Å². The van der Waals surface area contributed by atoms with Gasteiger partial charge in [0, 0.05) is 6.42 Å². The third kappa shape index (κ3) is 3.65. The Labute approximate surface area is 156 Å². The molecule has 26 heavy (non-hydrogen) atoms. The van der Waals surface area contributed by atoms with Gasteiger partial charge in [-0.05, 0) is 38.5 Å². The Hall–Kier alpha value is -2.59. The van der Waals surface area contributed by atoms with Gasteiger partial charge < -0.3 is 9.15 Å². The number of carbonyl (C=O) groups is 1. The van der Waals surface area contributed by atoms with Gasteiger partial charge in [-0.2, -0.15) is 0 Å². The van der Waals surface area contributed by atoms with Crippen molar-refractivity contribution in [3.8, 4) is 5.75 Å². The second kappa shape index (κ2) is 6.96. The molecule has 0 saturated heterocycles. The fourth-order valence-corrected chi connectivity index (χ4v) is 2.78. The number of carbonyl (C=O) groups excluding carboxylic acids is 1. The first-order valence-corrected chi connectivity index (χ1v) is 8.65. The number of rotatable bonds is 3. The van der Waals surface area contributed by atoms with Crippen LogP contribution in [0.1, 0.15) is 31.9 Å². The molecule has 0 saturated carbocycles. The van der Waals surface area contributed by atoms with Gasteiger partial charge in [0.05, 0.1) is 21.4 Å². The van der Waals surface area contributed by atoms with Crippen molar-refractivity contribution in [1.29, 1.82) is 0 Å². The average Bonchev–Trinajstić information content (AvgIpc) is 2.58. The smallest absolute Gasteiger partial charge is 0.343 e. The minimum Gasteiger partial charge on any atom is -0.425 e. The minimum atomic E-state index is -0.729. The summed E-state index contributed by atoms with van der Waals surface area (Å²) >= 11 is 6.33. The van der Waals surface area contributed by atoms with E-state index < -0.39 is 17.0 Å². The van der Waals surface area contributed by atoms with Crippen LogP contribution in [0, 0.1) is 5.41 Å². The zero-order valence-electron chi connectivity index (χ0n) is 14.8. The molecule has 0 aliphatic carbocycles. The number of ether oxygens (including phenoxy) is 1. The highest BCUT2D eigenvalue weighted by Gasteiger charge is 2.28. The number of fused-ring (bicyclic) bond motifs is 1. The number of hydrogen-bond donors (Lipinski definition) is 0. The SMILES string of the molecule is CC(C)(C)C(=O)Oc1c(Cc2ccccc2)c(=O)oc2cccc(Cl)c12. The molecule has 4 nitrogen and oxygen atoms in total. The van der Waals surface area contributed by atoms with E-state index in [-0.39, 0.29) is 23.3 Å².